The molecule has 3 rings (SSSR count). The van der Waals surface area contributed by atoms with E-state index in [1.807, 2.05) is 12.3 Å². The molecule has 21 heavy (non-hydrogen) atoms. The maximum absolute atomic E-state index is 9.59. The van der Waals surface area contributed by atoms with Gasteiger partial charge in [0.05, 0.1) is 5.52 Å². The number of hydrogen-bond acceptors (Lipinski definition) is 4. The van der Waals surface area contributed by atoms with E-state index in [1.54, 1.807) is 12.1 Å². The smallest absolute Gasteiger partial charge is 0.117 e. The number of aromatic nitrogens is 1. The van der Waals surface area contributed by atoms with Crippen LogP contribution in [0.25, 0.3) is 10.9 Å². The number of aromatic hydroxyl groups is 1. The first-order valence-corrected chi connectivity index (χ1v) is 7.47. The van der Waals surface area contributed by atoms with Crippen molar-refractivity contribution in [2.75, 3.05) is 37.6 Å². The highest BCUT2D eigenvalue weighted by molar-refractivity contribution is 5.92. The molecule has 1 fully saturated rings. The van der Waals surface area contributed by atoms with Crippen molar-refractivity contribution in [1.29, 1.82) is 0 Å². The zero-order chi connectivity index (χ0) is 14.8. The Balaban J connectivity index is 1.79. The highest BCUT2D eigenvalue weighted by Gasteiger charge is 2.19. The van der Waals surface area contributed by atoms with Crippen molar-refractivity contribution in [2.45, 2.75) is 13.8 Å². The first-order valence-electron chi connectivity index (χ1n) is 7.47. The molecule has 2 aromatic rings. The molecule has 0 unspecified atom stereocenters. The van der Waals surface area contributed by atoms with Crippen LogP contribution in [0.5, 0.6) is 5.75 Å². The van der Waals surface area contributed by atoms with E-state index in [9.17, 15) is 5.11 Å². The van der Waals surface area contributed by atoms with Crippen LogP contribution in [0.3, 0.4) is 0 Å². The summed E-state index contributed by atoms with van der Waals surface area (Å²) in [4.78, 5) is 9.27. The Kier molecular flexibility index (Phi) is 3.97. The van der Waals surface area contributed by atoms with Gasteiger partial charge in [0.1, 0.15) is 5.75 Å². The number of pyridine rings is 1. The summed E-state index contributed by atoms with van der Waals surface area (Å²) in [5.41, 5.74) is 2.07. The molecule has 1 aliphatic rings. The second-order valence-electron chi connectivity index (χ2n) is 6.00. The van der Waals surface area contributed by atoms with Gasteiger partial charge in [-0.25, -0.2) is 0 Å². The molecule has 4 nitrogen and oxygen atoms in total. The van der Waals surface area contributed by atoms with E-state index in [4.69, 9.17) is 0 Å². The molecular weight excluding hydrogens is 262 g/mol. The Morgan fingerprint density at radius 1 is 1.14 bits per heavy atom. The van der Waals surface area contributed by atoms with Crippen LogP contribution in [0.1, 0.15) is 13.8 Å². The number of benzene rings is 1. The number of hydrogen-bond donors (Lipinski definition) is 1. The molecule has 1 aromatic heterocycles. The van der Waals surface area contributed by atoms with Crippen LogP contribution < -0.4 is 4.90 Å². The van der Waals surface area contributed by atoms with E-state index in [0.717, 1.165) is 43.6 Å². The molecule has 2 heterocycles. The van der Waals surface area contributed by atoms with Gasteiger partial charge in [-0.1, -0.05) is 13.8 Å². The van der Waals surface area contributed by atoms with Crippen molar-refractivity contribution in [3.63, 3.8) is 0 Å². The minimum absolute atomic E-state index is 0.269. The number of nitrogens with zero attached hydrogens (tertiary/aromatic N) is 3. The van der Waals surface area contributed by atoms with E-state index in [1.165, 1.54) is 11.6 Å². The Labute approximate surface area is 126 Å². The van der Waals surface area contributed by atoms with Crippen LogP contribution in [0.4, 0.5) is 5.69 Å². The number of phenolic OH excluding ortho intramolecular Hbond substituents is 1. The summed E-state index contributed by atoms with van der Waals surface area (Å²) in [6.07, 6.45) is 1.83. The van der Waals surface area contributed by atoms with Gasteiger partial charge in [-0.05, 0) is 24.1 Å². The van der Waals surface area contributed by atoms with Gasteiger partial charge in [-0.2, -0.15) is 0 Å². The lowest BCUT2D eigenvalue weighted by molar-refractivity contribution is 0.267. The molecule has 0 bridgehead atoms. The molecule has 1 aromatic carbocycles. The monoisotopic (exact) mass is 284 g/mol. The van der Waals surface area contributed by atoms with Gasteiger partial charge in [0.25, 0.3) is 0 Å². The average molecular weight is 284 g/mol. The van der Waals surface area contributed by atoms with E-state index in [-0.39, 0.29) is 5.75 Å². The Morgan fingerprint density at radius 2 is 1.90 bits per heavy atom. The van der Waals surface area contributed by atoms with Crippen LogP contribution >= 0.6 is 0 Å². The zero-order valence-corrected chi connectivity index (χ0v) is 12.7. The normalized spacial score (nSPS) is 16.8. The second-order valence-corrected chi connectivity index (χ2v) is 6.00. The van der Waals surface area contributed by atoms with E-state index >= 15 is 0 Å². The van der Waals surface area contributed by atoms with Crippen molar-refractivity contribution in [3.8, 4) is 5.75 Å². The Bertz CT molecular complexity index is 618. The summed E-state index contributed by atoms with van der Waals surface area (Å²) >= 11 is 0. The molecule has 0 aliphatic carbocycles. The molecule has 0 atom stereocenters. The van der Waals surface area contributed by atoms with Crippen LogP contribution in [0.2, 0.25) is 0 Å². The highest BCUT2D eigenvalue weighted by Crippen LogP contribution is 2.28. The van der Waals surface area contributed by atoms with Crippen LogP contribution in [-0.2, 0) is 0 Å². The topological polar surface area (TPSA) is 39.6 Å². The number of phenols is 1. The van der Waals surface area contributed by atoms with E-state index < -0.39 is 0 Å². The fourth-order valence-corrected chi connectivity index (χ4v) is 2.99. The quantitative estimate of drug-likeness (QED) is 0.940. The molecule has 1 radical (unpaired) electrons. The van der Waals surface area contributed by atoms with Crippen molar-refractivity contribution in [1.82, 2.24) is 9.88 Å². The van der Waals surface area contributed by atoms with Crippen LogP contribution in [0.15, 0.2) is 30.5 Å². The summed E-state index contributed by atoms with van der Waals surface area (Å²) in [6.45, 7) is 9.73. The molecule has 0 spiro atoms. The number of rotatable bonds is 3. The molecule has 0 amide bonds. The summed E-state index contributed by atoms with van der Waals surface area (Å²) in [5.74, 6) is 1.74. The van der Waals surface area contributed by atoms with E-state index in [0.29, 0.717) is 0 Å². The fraction of sp³-hybridized carbons (Fsp3) is 0.412. The summed E-state index contributed by atoms with van der Waals surface area (Å²) in [7, 11) is 0. The Morgan fingerprint density at radius 3 is 2.62 bits per heavy atom. The molecule has 4 heteroatoms. The molecule has 0 saturated carbocycles. The van der Waals surface area contributed by atoms with Crippen molar-refractivity contribution < 1.29 is 5.11 Å². The lowest BCUT2D eigenvalue weighted by Crippen LogP contribution is -2.47. The zero-order valence-electron chi connectivity index (χ0n) is 12.7. The predicted molar refractivity (Wildman–Crippen MR) is 86.7 cm³/mol. The van der Waals surface area contributed by atoms with Gasteiger partial charge >= 0.3 is 0 Å². The SMILES string of the molecule is C[C](C)CN1CCN(c2ccnc3cc(O)ccc23)CC1. The van der Waals surface area contributed by atoms with Crippen molar-refractivity contribution in [3.05, 3.63) is 36.4 Å². The molecule has 1 aliphatic heterocycles. The lowest BCUT2D eigenvalue weighted by atomic mass is 10.1. The third kappa shape index (κ3) is 3.10. The maximum Gasteiger partial charge on any atom is 0.117 e. The predicted octanol–water partition coefficient (Wildman–Crippen LogP) is 2.68. The second kappa shape index (κ2) is 5.90. The molecule has 1 N–H and O–H groups in total. The summed E-state index contributed by atoms with van der Waals surface area (Å²) < 4.78 is 0. The number of fused-ring (bicyclic) bond motifs is 1. The largest absolute Gasteiger partial charge is 0.508 e. The van der Waals surface area contributed by atoms with Gasteiger partial charge < -0.3 is 10.0 Å². The molecule has 111 valence electrons. The maximum atomic E-state index is 9.59. The van der Waals surface area contributed by atoms with E-state index in [2.05, 4.69) is 34.7 Å². The molecular formula is C17H22N3O. The third-order valence-electron chi connectivity index (χ3n) is 3.96. The lowest BCUT2D eigenvalue weighted by Gasteiger charge is -2.37. The van der Waals surface area contributed by atoms with Crippen LogP contribution in [0, 0.1) is 5.92 Å². The number of anilines is 1. The van der Waals surface area contributed by atoms with Gasteiger partial charge in [-0.15, -0.1) is 0 Å². The minimum Gasteiger partial charge on any atom is -0.508 e. The van der Waals surface area contributed by atoms with Crippen molar-refractivity contribution >= 4 is 16.6 Å². The van der Waals surface area contributed by atoms with Crippen LogP contribution in [-0.4, -0.2) is 47.7 Å². The molecule has 1 saturated heterocycles. The van der Waals surface area contributed by atoms with Gasteiger partial charge in [-0.3, -0.25) is 9.88 Å². The fourth-order valence-electron chi connectivity index (χ4n) is 2.99. The van der Waals surface area contributed by atoms with Gasteiger partial charge in [0.2, 0.25) is 0 Å². The first kappa shape index (κ1) is 14.1. The Hall–Kier alpha value is -1.81. The number of piperazine rings is 1. The average Bonchev–Trinajstić information content (AvgIpc) is 2.46. The summed E-state index contributed by atoms with van der Waals surface area (Å²) in [5, 5.41) is 10.7. The third-order valence-corrected chi connectivity index (χ3v) is 3.96. The van der Waals surface area contributed by atoms with Gasteiger partial charge in [0, 0.05) is 56.1 Å². The standard InChI is InChI=1S/C17H22N3O/c1-13(2)12-19-7-9-20(10-8-19)17-5-6-18-16-11-14(21)3-4-15(16)17/h3-6,11,21H,7-10,12H2,1-2H3. The minimum atomic E-state index is 0.269. The van der Waals surface area contributed by atoms with Gasteiger partial charge in [0.15, 0.2) is 0 Å². The van der Waals surface area contributed by atoms with Crippen molar-refractivity contribution in [2.24, 2.45) is 0 Å². The highest BCUT2D eigenvalue weighted by atomic mass is 16.3. The first-order chi connectivity index (χ1) is 10.1. The summed E-state index contributed by atoms with van der Waals surface area (Å²) in [6, 6.07) is 7.50.